The molecule has 4 N–H and O–H groups in total. The van der Waals surface area contributed by atoms with E-state index in [1.807, 2.05) is 6.07 Å². The molecule has 3 rings (SSSR count). The number of urea groups is 1. The molecule has 0 spiro atoms. The van der Waals surface area contributed by atoms with Crippen molar-refractivity contribution in [2.45, 2.75) is 18.4 Å². The fourth-order valence-corrected chi connectivity index (χ4v) is 4.01. The first-order valence-electron chi connectivity index (χ1n) is 10.00. The Morgan fingerprint density at radius 1 is 0.943 bits per heavy atom. The van der Waals surface area contributed by atoms with Gasteiger partial charge in [0.2, 0.25) is 0 Å². The molecule has 0 radical (unpaired) electrons. The van der Waals surface area contributed by atoms with Crippen LogP contribution in [-0.2, 0) is 21.4 Å². The molecule has 35 heavy (non-hydrogen) atoms. The molecule has 12 heteroatoms. The minimum absolute atomic E-state index is 0.0211. The zero-order valence-electron chi connectivity index (χ0n) is 18.2. The molecule has 0 bridgehead atoms. The van der Waals surface area contributed by atoms with Crippen molar-refractivity contribution >= 4 is 51.1 Å². The molecule has 0 aliphatic heterocycles. The summed E-state index contributed by atoms with van der Waals surface area (Å²) in [4.78, 5) is 35.5. The van der Waals surface area contributed by atoms with Crippen LogP contribution in [0.4, 0.5) is 21.0 Å². The van der Waals surface area contributed by atoms with Crippen molar-refractivity contribution in [1.29, 1.82) is 0 Å². The lowest BCUT2D eigenvalue weighted by atomic mass is 10.2. The van der Waals surface area contributed by atoms with E-state index >= 15 is 0 Å². The Kier molecular flexibility index (Phi) is 7.94. The Morgan fingerprint density at radius 2 is 1.66 bits per heavy atom. The van der Waals surface area contributed by atoms with Gasteiger partial charge in [0.25, 0.3) is 10.0 Å². The number of carbonyl (C=O) groups is 3. The largest absolute Gasteiger partial charge is 0.478 e. The number of halogens is 1. The minimum Gasteiger partial charge on any atom is -0.478 e. The number of ether oxygens (including phenoxy) is 1. The van der Waals surface area contributed by atoms with E-state index in [4.69, 9.17) is 16.3 Å². The molecule has 182 valence electrons. The third-order valence-electron chi connectivity index (χ3n) is 4.66. The molecule has 0 heterocycles. The topological polar surface area (TPSA) is 151 Å². The SMILES string of the molecule is Cc1ccc(S(=O)(=O)NC(=O)Nc2cc(Cl)ccc2C(=O)O)cc1NC(=O)OCc1ccccc1. The summed E-state index contributed by atoms with van der Waals surface area (Å²) in [6.45, 7) is 1.67. The molecule has 0 aromatic heterocycles. The molecule has 10 nitrogen and oxygen atoms in total. The molecule has 3 aromatic rings. The molecule has 0 unspecified atom stereocenters. The van der Waals surface area contributed by atoms with Crippen LogP contribution in [0.5, 0.6) is 0 Å². The van der Waals surface area contributed by atoms with Crippen molar-refractivity contribution in [2.24, 2.45) is 0 Å². The van der Waals surface area contributed by atoms with E-state index in [0.29, 0.717) is 5.56 Å². The molecular weight excluding hydrogens is 498 g/mol. The van der Waals surface area contributed by atoms with Crippen LogP contribution in [0.15, 0.2) is 71.6 Å². The van der Waals surface area contributed by atoms with Crippen LogP contribution in [0.3, 0.4) is 0 Å². The van der Waals surface area contributed by atoms with Crippen LogP contribution < -0.4 is 15.4 Å². The molecule has 0 aliphatic rings. The summed E-state index contributed by atoms with van der Waals surface area (Å²) in [5.74, 6) is -1.34. The highest BCUT2D eigenvalue weighted by Crippen LogP contribution is 2.23. The predicted octanol–water partition coefficient (Wildman–Crippen LogP) is 4.61. The lowest BCUT2D eigenvalue weighted by molar-refractivity contribution is 0.0698. The highest BCUT2D eigenvalue weighted by atomic mass is 35.5. The fourth-order valence-electron chi connectivity index (χ4n) is 2.91. The first-order valence-corrected chi connectivity index (χ1v) is 11.9. The molecular formula is C23H20ClN3O7S. The van der Waals surface area contributed by atoms with Crippen LogP contribution in [0.2, 0.25) is 5.02 Å². The van der Waals surface area contributed by atoms with E-state index < -0.39 is 28.1 Å². The fraction of sp³-hybridized carbons (Fsp3) is 0.0870. The van der Waals surface area contributed by atoms with Crippen molar-refractivity contribution < 1.29 is 32.6 Å². The van der Waals surface area contributed by atoms with Gasteiger partial charge in [0, 0.05) is 10.7 Å². The Bertz CT molecular complexity index is 1380. The zero-order chi connectivity index (χ0) is 25.6. The number of hydrogen-bond acceptors (Lipinski definition) is 6. The van der Waals surface area contributed by atoms with Crippen LogP contribution in [-0.4, -0.2) is 31.6 Å². The monoisotopic (exact) mass is 517 g/mol. The van der Waals surface area contributed by atoms with E-state index in [1.54, 1.807) is 35.9 Å². The molecule has 3 amide bonds. The van der Waals surface area contributed by atoms with Crippen molar-refractivity contribution in [3.8, 4) is 0 Å². The van der Waals surface area contributed by atoms with Gasteiger partial charge >= 0.3 is 18.1 Å². The summed E-state index contributed by atoms with van der Waals surface area (Å²) in [6, 6.07) is 15.3. The van der Waals surface area contributed by atoms with Gasteiger partial charge in [0.05, 0.1) is 16.1 Å². The number of carboxylic acids is 1. The molecule has 0 saturated carbocycles. The smallest absolute Gasteiger partial charge is 0.411 e. The number of amides is 3. The highest BCUT2D eigenvalue weighted by molar-refractivity contribution is 7.90. The average molecular weight is 518 g/mol. The second-order valence-corrected chi connectivity index (χ2v) is 9.34. The number of carboxylic acid groups (broad SMARTS) is 1. The number of nitrogens with one attached hydrogen (secondary N) is 3. The van der Waals surface area contributed by atoms with Gasteiger partial charge in [-0.15, -0.1) is 0 Å². The number of aryl methyl sites for hydroxylation is 1. The van der Waals surface area contributed by atoms with Gasteiger partial charge in [-0.05, 0) is 48.4 Å². The lowest BCUT2D eigenvalue weighted by Crippen LogP contribution is -2.34. The first-order chi connectivity index (χ1) is 16.5. The quantitative estimate of drug-likeness (QED) is 0.357. The summed E-state index contributed by atoms with van der Waals surface area (Å²) in [6.07, 6.45) is -0.792. The van der Waals surface area contributed by atoms with Crippen molar-refractivity contribution in [3.63, 3.8) is 0 Å². The van der Waals surface area contributed by atoms with Crippen molar-refractivity contribution in [2.75, 3.05) is 10.6 Å². The first kappa shape index (κ1) is 25.5. The molecule has 0 aliphatic carbocycles. The third-order valence-corrected chi connectivity index (χ3v) is 6.22. The second-order valence-electron chi connectivity index (χ2n) is 7.22. The van der Waals surface area contributed by atoms with Crippen LogP contribution in [0, 0.1) is 6.92 Å². The Hall–Kier alpha value is -4.09. The highest BCUT2D eigenvalue weighted by Gasteiger charge is 2.21. The predicted molar refractivity (Wildman–Crippen MR) is 129 cm³/mol. The van der Waals surface area contributed by atoms with Crippen LogP contribution >= 0.6 is 11.6 Å². The normalized spacial score (nSPS) is 10.8. The minimum atomic E-state index is -4.39. The summed E-state index contributed by atoms with van der Waals surface area (Å²) in [7, 11) is -4.39. The standard InChI is InChI=1S/C23H20ClN3O7S/c1-14-7-9-17(12-19(14)26-23(31)34-13-15-5-3-2-4-6-15)35(32,33)27-22(30)25-20-11-16(24)8-10-18(20)21(28)29/h2-12H,13H2,1H3,(H,26,31)(H,28,29)(H2,25,27,30). The van der Waals surface area contributed by atoms with E-state index in [1.165, 1.54) is 30.3 Å². The van der Waals surface area contributed by atoms with Crippen molar-refractivity contribution in [3.05, 3.63) is 88.4 Å². The number of benzene rings is 3. The van der Waals surface area contributed by atoms with E-state index in [2.05, 4.69) is 10.6 Å². The maximum absolute atomic E-state index is 12.7. The second kappa shape index (κ2) is 10.9. The number of carbonyl (C=O) groups excluding carboxylic acids is 2. The van der Waals surface area contributed by atoms with Crippen LogP contribution in [0.25, 0.3) is 0 Å². The Morgan fingerprint density at radius 3 is 2.34 bits per heavy atom. The summed E-state index contributed by atoms with van der Waals surface area (Å²) < 4.78 is 32.4. The average Bonchev–Trinajstić information content (AvgIpc) is 2.79. The number of hydrogen-bond donors (Lipinski definition) is 4. The van der Waals surface area contributed by atoms with Gasteiger partial charge in [-0.3, -0.25) is 5.32 Å². The molecule has 0 atom stereocenters. The third kappa shape index (κ3) is 6.95. The summed E-state index contributed by atoms with van der Waals surface area (Å²) in [5, 5.41) is 14.0. The maximum atomic E-state index is 12.7. The zero-order valence-corrected chi connectivity index (χ0v) is 19.8. The Balaban J connectivity index is 1.70. The van der Waals surface area contributed by atoms with Gasteiger partial charge in [0.15, 0.2) is 0 Å². The van der Waals surface area contributed by atoms with E-state index in [0.717, 1.165) is 11.6 Å². The van der Waals surface area contributed by atoms with E-state index in [-0.39, 0.29) is 33.5 Å². The number of aromatic carboxylic acids is 1. The summed E-state index contributed by atoms with van der Waals surface area (Å²) >= 11 is 5.84. The maximum Gasteiger partial charge on any atom is 0.411 e. The number of rotatable bonds is 7. The van der Waals surface area contributed by atoms with Crippen LogP contribution in [0.1, 0.15) is 21.5 Å². The number of sulfonamides is 1. The Labute approximate surface area is 205 Å². The van der Waals surface area contributed by atoms with Gasteiger partial charge in [0.1, 0.15) is 6.61 Å². The lowest BCUT2D eigenvalue weighted by Gasteiger charge is -2.13. The number of anilines is 2. The summed E-state index contributed by atoms with van der Waals surface area (Å²) in [5.41, 5.74) is 1.02. The van der Waals surface area contributed by atoms with E-state index in [9.17, 15) is 27.9 Å². The van der Waals surface area contributed by atoms with Crippen molar-refractivity contribution in [1.82, 2.24) is 4.72 Å². The van der Waals surface area contributed by atoms with Gasteiger partial charge < -0.3 is 15.2 Å². The molecule has 0 saturated heterocycles. The van der Waals surface area contributed by atoms with Gasteiger partial charge in [-0.1, -0.05) is 48.0 Å². The van der Waals surface area contributed by atoms with Gasteiger partial charge in [-0.2, -0.15) is 0 Å². The molecule has 3 aromatic carbocycles. The molecule has 0 fully saturated rings. The van der Waals surface area contributed by atoms with Gasteiger partial charge in [-0.25, -0.2) is 27.5 Å².